The van der Waals surface area contributed by atoms with Crippen LogP contribution >= 0.6 is 0 Å². The maximum absolute atomic E-state index is 11.0. The quantitative estimate of drug-likeness (QED) is 0.808. The summed E-state index contributed by atoms with van der Waals surface area (Å²) in [7, 11) is 0. The number of carboxylic acids is 1. The van der Waals surface area contributed by atoms with Crippen molar-refractivity contribution in [3.05, 3.63) is 35.4 Å². The Morgan fingerprint density at radius 2 is 1.88 bits per heavy atom. The fourth-order valence-electron chi connectivity index (χ4n) is 1.91. The number of carbonyl (C=O) groups is 1. The van der Waals surface area contributed by atoms with Crippen LogP contribution < -0.4 is 0 Å². The van der Waals surface area contributed by atoms with Gasteiger partial charge >= 0.3 is 133 Å². The molecule has 1 aromatic rings. The van der Waals surface area contributed by atoms with E-state index in [2.05, 4.69) is 26.0 Å². The predicted octanol–water partition coefficient (Wildman–Crippen LogP) is 2.64. The number of hydrogen-bond donors (Lipinski definition) is 1. The Bertz CT molecular complexity index is 343. The molecule has 0 saturated carbocycles. The topological polar surface area (TPSA) is 37.3 Å². The van der Waals surface area contributed by atoms with E-state index in [1.54, 1.807) is 0 Å². The van der Waals surface area contributed by atoms with Gasteiger partial charge in [-0.1, -0.05) is 0 Å². The molecule has 1 aromatic carbocycles. The first kappa shape index (κ1) is 14.4. The molecule has 82 valence electrons. The van der Waals surface area contributed by atoms with E-state index in [9.17, 15) is 4.79 Å². The second-order valence-electron chi connectivity index (χ2n) is 4.64. The number of aliphatic carboxylic acids is 1. The Hall–Kier alpha value is 0.326. The van der Waals surface area contributed by atoms with Crippen LogP contribution in [0.4, 0.5) is 0 Å². The van der Waals surface area contributed by atoms with Gasteiger partial charge in [-0.3, -0.25) is 0 Å². The molecule has 0 aliphatic heterocycles. The van der Waals surface area contributed by atoms with E-state index in [0.717, 1.165) is 12.5 Å². The molecule has 0 aliphatic carbocycles. The van der Waals surface area contributed by atoms with Crippen molar-refractivity contribution >= 4 is 54.9 Å². The van der Waals surface area contributed by atoms with E-state index >= 15 is 0 Å². The van der Waals surface area contributed by atoms with Gasteiger partial charge in [0.15, 0.2) is 0 Å². The van der Waals surface area contributed by atoms with Gasteiger partial charge in [0.05, 0.1) is 0 Å². The van der Waals surface area contributed by atoms with Crippen LogP contribution in [0.5, 0.6) is 0 Å². The molecule has 1 rings (SSSR count). The standard InChI is InChI=1S/C13H17O2.K/c1-9(2)8-11-4-6-12(7-5-11)10(3)13(14)15;/h4-7,9-10H,3,8H2,1-2H3,(H,14,15);. The van der Waals surface area contributed by atoms with Crippen LogP contribution in [0.25, 0.3) is 0 Å². The van der Waals surface area contributed by atoms with Gasteiger partial charge < -0.3 is 0 Å². The van der Waals surface area contributed by atoms with Gasteiger partial charge in [0.2, 0.25) is 0 Å². The van der Waals surface area contributed by atoms with Gasteiger partial charge in [-0.25, -0.2) is 0 Å². The zero-order valence-electron chi connectivity index (χ0n) is 10.2. The summed E-state index contributed by atoms with van der Waals surface area (Å²) < 4.78 is 0.825. The predicted molar refractivity (Wildman–Crippen MR) is 65.9 cm³/mol. The summed E-state index contributed by atoms with van der Waals surface area (Å²) >= 11 is 0.576. The molecule has 0 aromatic heterocycles. The van der Waals surface area contributed by atoms with Crippen LogP contribution in [-0.4, -0.2) is 60.0 Å². The monoisotopic (exact) mass is 244 g/mol. The van der Waals surface area contributed by atoms with Gasteiger partial charge in [-0.05, 0) is 0 Å². The SMILES string of the molecule is CC(C)Cc1ccc(C([CH2][K])C(=O)O)cc1. The number of benzene rings is 1. The van der Waals surface area contributed by atoms with Gasteiger partial charge in [0.1, 0.15) is 0 Å². The molecule has 1 unspecified atom stereocenters. The Labute approximate surface area is 131 Å². The second-order valence-corrected chi connectivity index (χ2v) is 5.91. The molecular formula is C13H17KO2. The molecule has 16 heavy (non-hydrogen) atoms. The molecule has 0 saturated heterocycles. The molecule has 1 atom stereocenters. The van der Waals surface area contributed by atoms with E-state index in [1.807, 2.05) is 12.1 Å². The Balaban J connectivity index is 2.81. The molecule has 1 N–H and O–H groups in total. The molecule has 2 nitrogen and oxygen atoms in total. The van der Waals surface area contributed by atoms with Crippen LogP contribution in [0.3, 0.4) is 0 Å². The summed E-state index contributed by atoms with van der Waals surface area (Å²) in [4.78, 5) is 11.0. The molecular weight excluding hydrogens is 227 g/mol. The van der Waals surface area contributed by atoms with Crippen LogP contribution in [-0.2, 0) is 11.2 Å². The van der Waals surface area contributed by atoms with Crippen molar-refractivity contribution < 1.29 is 9.90 Å². The zero-order chi connectivity index (χ0) is 12.1. The molecule has 0 heterocycles. The summed E-state index contributed by atoms with van der Waals surface area (Å²) in [6, 6.07) is 8.08. The summed E-state index contributed by atoms with van der Waals surface area (Å²) in [5.74, 6) is -0.333. The van der Waals surface area contributed by atoms with Crippen molar-refractivity contribution in [1.29, 1.82) is 0 Å². The third-order valence-corrected chi connectivity index (χ3v) is 4.01. The van der Waals surface area contributed by atoms with Crippen LogP contribution in [0.15, 0.2) is 24.3 Å². The first-order valence-electron chi connectivity index (χ1n) is 5.86. The summed E-state index contributed by atoms with van der Waals surface area (Å²) in [5, 5.41) is 9.07. The molecule has 0 aliphatic rings. The van der Waals surface area contributed by atoms with Crippen molar-refractivity contribution in [2.45, 2.75) is 26.7 Å². The van der Waals surface area contributed by atoms with Crippen molar-refractivity contribution in [1.82, 2.24) is 0 Å². The third-order valence-electron chi connectivity index (χ3n) is 2.73. The van der Waals surface area contributed by atoms with Crippen LogP contribution in [0.2, 0.25) is 0.515 Å². The number of carboxylic acid groups (broad SMARTS) is 1. The third kappa shape index (κ3) is 4.30. The Morgan fingerprint density at radius 1 is 1.31 bits per heavy atom. The maximum atomic E-state index is 11.0. The first-order chi connectivity index (χ1) is 7.54. The molecule has 0 bridgehead atoms. The van der Waals surface area contributed by atoms with Gasteiger partial charge in [-0.15, -0.1) is 0 Å². The molecule has 3 heteroatoms. The van der Waals surface area contributed by atoms with Gasteiger partial charge in [-0.2, -0.15) is 0 Å². The fraction of sp³-hybridized carbons (Fsp3) is 0.462. The van der Waals surface area contributed by atoms with Gasteiger partial charge in [0.25, 0.3) is 0 Å². The fourth-order valence-corrected chi connectivity index (χ4v) is 3.19. The zero-order valence-corrected chi connectivity index (χ0v) is 13.4. The minimum atomic E-state index is -0.690. The van der Waals surface area contributed by atoms with E-state index in [-0.39, 0.29) is 5.92 Å². The van der Waals surface area contributed by atoms with Crippen molar-refractivity contribution in [3.8, 4) is 0 Å². The molecule has 0 fully saturated rings. The minimum absolute atomic E-state index is 0.284. The first-order valence-corrected chi connectivity index (χ1v) is 8.07. The average molecular weight is 244 g/mol. The number of hydrogen-bond acceptors (Lipinski definition) is 1. The van der Waals surface area contributed by atoms with E-state index in [1.165, 1.54) is 5.56 Å². The molecule has 0 amide bonds. The van der Waals surface area contributed by atoms with E-state index in [4.69, 9.17) is 5.11 Å². The second kappa shape index (κ2) is 6.92. The molecule has 0 radical (unpaired) electrons. The Morgan fingerprint density at radius 3 is 2.25 bits per heavy atom. The molecule has 0 spiro atoms. The summed E-state index contributed by atoms with van der Waals surface area (Å²) in [6.45, 7) is 4.38. The van der Waals surface area contributed by atoms with Crippen molar-refractivity contribution in [2.75, 3.05) is 0 Å². The van der Waals surface area contributed by atoms with Crippen molar-refractivity contribution in [2.24, 2.45) is 5.92 Å². The Kier molecular flexibility index (Phi) is 6.22. The number of rotatable bonds is 5. The van der Waals surface area contributed by atoms with Crippen LogP contribution in [0, 0.1) is 5.92 Å². The normalized spacial score (nSPS) is 12.8. The summed E-state index contributed by atoms with van der Waals surface area (Å²) in [6.07, 6.45) is 1.06. The van der Waals surface area contributed by atoms with E-state index in [0.29, 0.717) is 54.9 Å². The van der Waals surface area contributed by atoms with Crippen LogP contribution in [0.1, 0.15) is 30.9 Å². The van der Waals surface area contributed by atoms with Crippen molar-refractivity contribution in [3.63, 3.8) is 0 Å². The van der Waals surface area contributed by atoms with E-state index < -0.39 is 5.97 Å². The average Bonchev–Trinajstić information content (AvgIpc) is 2.20. The van der Waals surface area contributed by atoms with Gasteiger partial charge in [0, 0.05) is 0 Å². The summed E-state index contributed by atoms with van der Waals surface area (Å²) in [5.41, 5.74) is 2.24.